The SMILES string of the molecule is CCC[C@H]1CC[C@H](CCCOc2ccc([C@H]3OC[C@H](C)CO3)cc2)CC1. The monoisotopic (exact) mass is 360 g/mol. The van der Waals surface area contributed by atoms with E-state index in [9.17, 15) is 0 Å². The van der Waals surface area contributed by atoms with Crippen LogP contribution in [-0.4, -0.2) is 19.8 Å². The summed E-state index contributed by atoms with van der Waals surface area (Å²) in [7, 11) is 0. The van der Waals surface area contributed by atoms with Crippen LogP contribution in [0.5, 0.6) is 5.75 Å². The highest BCUT2D eigenvalue weighted by Gasteiger charge is 2.21. The van der Waals surface area contributed by atoms with Crippen LogP contribution in [0.2, 0.25) is 0 Å². The molecular formula is C23H36O3. The second kappa shape index (κ2) is 10.3. The van der Waals surface area contributed by atoms with Gasteiger partial charge in [0.1, 0.15) is 5.75 Å². The molecule has 3 nitrogen and oxygen atoms in total. The predicted octanol–water partition coefficient (Wildman–Crippen LogP) is 6.13. The van der Waals surface area contributed by atoms with E-state index in [0.29, 0.717) is 5.92 Å². The van der Waals surface area contributed by atoms with Crippen LogP contribution in [0.25, 0.3) is 0 Å². The van der Waals surface area contributed by atoms with E-state index in [1.807, 2.05) is 12.1 Å². The first-order valence-corrected chi connectivity index (χ1v) is 10.7. The molecule has 2 fully saturated rings. The summed E-state index contributed by atoms with van der Waals surface area (Å²) < 4.78 is 17.4. The van der Waals surface area contributed by atoms with Crippen molar-refractivity contribution < 1.29 is 14.2 Å². The minimum absolute atomic E-state index is 0.219. The third-order valence-corrected chi connectivity index (χ3v) is 5.91. The molecule has 1 saturated heterocycles. The first kappa shape index (κ1) is 19.7. The first-order valence-electron chi connectivity index (χ1n) is 10.7. The molecule has 1 aromatic rings. The molecule has 1 heterocycles. The molecule has 0 spiro atoms. The smallest absolute Gasteiger partial charge is 0.183 e. The van der Waals surface area contributed by atoms with Gasteiger partial charge in [0.25, 0.3) is 0 Å². The lowest BCUT2D eigenvalue weighted by Gasteiger charge is -2.28. The lowest BCUT2D eigenvalue weighted by atomic mass is 9.78. The molecule has 0 amide bonds. The van der Waals surface area contributed by atoms with E-state index in [0.717, 1.165) is 49.4 Å². The third kappa shape index (κ3) is 5.99. The van der Waals surface area contributed by atoms with Gasteiger partial charge >= 0.3 is 0 Å². The van der Waals surface area contributed by atoms with Gasteiger partial charge in [0.05, 0.1) is 19.8 Å². The van der Waals surface area contributed by atoms with Gasteiger partial charge in [-0.3, -0.25) is 0 Å². The van der Waals surface area contributed by atoms with Gasteiger partial charge in [0.15, 0.2) is 6.29 Å². The minimum Gasteiger partial charge on any atom is -0.494 e. The summed E-state index contributed by atoms with van der Waals surface area (Å²) in [5, 5.41) is 0. The van der Waals surface area contributed by atoms with E-state index in [4.69, 9.17) is 14.2 Å². The average Bonchev–Trinajstić information content (AvgIpc) is 2.68. The Bertz CT molecular complexity index is 497. The molecule has 3 rings (SSSR count). The second-order valence-corrected chi connectivity index (χ2v) is 8.34. The summed E-state index contributed by atoms with van der Waals surface area (Å²) >= 11 is 0. The zero-order valence-electron chi connectivity index (χ0n) is 16.6. The Balaban J connectivity index is 1.31. The van der Waals surface area contributed by atoms with Crippen molar-refractivity contribution in [1.29, 1.82) is 0 Å². The van der Waals surface area contributed by atoms with E-state index >= 15 is 0 Å². The van der Waals surface area contributed by atoms with E-state index < -0.39 is 0 Å². The molecule has 3 heteroatoms. The summed E-state index contributed by atoms with van der Waals surface area (Å²) in [5.74, 6) is 3.36. The molecule has 146 valence electrons. The van der Waals surface area contributed by atoms with Gasteiger partial charge in [0, 0.05) is 11.5 Å². The van der Waals surface area contributed by atoms with Crippen molar-refractivity contribution in [1.82, 2.24) is 0 Å². The number of benzene rings is 1. The minimum atomic E-state index is -0.219. The highest BCUT2D eigenvalue weighted by atomic mass is 16.7. The van der Waals surface area contributed by atoms with Crippen LogP contribution in [0.3, 0.4) is 0 Å². The van der Waals surface area contributed by atoms with Crippen LogP contribution >= 0.6 is 0 Å². The molecule has 1 aromatic carbocycles. The van der Waals surface area contributed by atoms with E-state index in [1.54, 1.807) is 0 Å². The van der Waals surface area contributed by atoms with Crippen LogP contribution in [-0.2, 0) is 9.47 Å². The van der Waals surface area contributed by atoms with Crippen LogP contribution in [0.4, 0.5) is 0 Å². The molecule has 1 aliphatic carbocycles. The van der Waals surface area contributed by atoms with Crippen molar-refractivity contribution in [3.63, 3.8) is 0 Å². The Morgan fingerprint density at radius 1 is 0.923 bits per heavy atom. The fraction of sp³-hybridized carbons (Fsp3) is 0.739. The molecule has 1 saturated carbocycles. The number of ether oxygens (including phenoxy) is 3. The van der Waals surface area contributed by atoms with Gasteiger partial charge < -0.3 is 14.2 Å². The summed E-state index contributed by atoms with van der Waals surface area (Å²) in [6, 6.07) is 8.20. The maximum atomic E-state index is 5.93. The van der Waals surface area contributed by atoms with Gasteiger partial charge in [-0.15, -0.1) is 0 Å². The number of hydrogen-bond donors (Lipinski definition) is 0. The predicted molar refractivity (Wildman–Crippen MR) is 105 cm³/mol. The Labute approximate surface area is 159 Å². The standard InChI is InChI=1S/C23H36O3/c1-3-5-19-7-9-20(10-8-19)6-4-15-24-22-13-11-21(12-14-22)23-25-16-18(2)17-26-23/h11-14,18-20,23H,3-10,15-17H2,1-2H3/t18-,19-,20-,23-. The van der Waals surface area contributed by atoms with Gasteiger partial charge in [-0.1, -0.05) is 64.5 Å². The Morgan fingerprint density at radius 2 is 1.54 bits per heavy atom. The average molecular weight is 361 g/mol. The van der Waals surface area contributed by atoms with Gasteiger partial charge in [0.2, 0.25) is 0 Å². The van der Waals surface area contributed by atoms with Crippen LogP contribution < -0.4 is 4.74 Å². The fourth-order valence-corrected chi connectivity index (χ4v) is 4.29. The Hall–Kier alpha value is -1.06. The molecule has 0 N–H and O–H groups in total. The molecule has 0 unspecified atom stereocenters. The van der Waals surface area contributed by atoms with E-state index in [1.165, 1.54) is 44.9 Å². The highest BCUT2D eigenvalue weighted by Crippen LogP contribution is 2.33. The van der Waals surface area contributed by atoms with Crippen molar-refractivity contribution in [2.75, 3.05) is 19.8 Å². The highest BCUT2D eigenvalue weighted by molar-refractivity contribution is 5.28. The molecule has 0 bridgehead atoms. The summed E-state index contributed by atoms with van der Waals surface area (Å²) in [6.45, 7) is 6.81. The molecule has 1 aliphatic heterocycles. The summed E-state index contributed by atoms with van der Waals surface area (Å²) in [5.41, 5.74) is 1.08. The van der Waals surface area contributed by atoms with Crippen LogP contribution in [0.15, 0.2) is 24.3 Å². The van der Waals surface area contributed by atoms with Crippen molar-refractivity contribution in [3.8, 4) is 5.75 Å². The largest absolute Gasteiger partial charge is 0.494 e. The zero-order chi connectivity index (χ0) is 18.2. The van der Waals surface area contributed by atoms with Crippen molar-refractivity contribution in [3.05, 3.63) is 29.8 Å². The fourth-order valence-electron chi connectivity index (χ4n) is 4.29. The number of rotatable bonds is 8. The van der Waals surface area contributed by atoms with Crippen LogP contribution in [0.1, 0.15) is 77.1 Å². The third-order valence-electron chi connectivity index (χ3n) is 5.91. The number of hydrogen-bond acceptors (Lipinski definition) is 3. The first-order chi connectivity index (χ1) is 12.7. The quantitative estimate of drug-likeness (QED) is 0.522. The van der Waals surface area contributed by atoms with Crippen molar-refractivity contribution in [2.45, 2.75) is 71.5 Å². The van der Waals surface area contributed by atoms with Crippen LogP contribution in [0, 0.1) is 17.8 Å². The molecule has 2 aliphatic rings. The summed E-state index contributed by atoms with van der Waals surface area (Å²) in [4.78, 5) is 0. The zero-order valence-corrected chi connectivity index (χ0v) is 16.6. The summed E-state index contributed by atoms with van der Waals surface area (Å²) in [6.07, 6.45) is 10.8. The Morgan fingerprint density at radius 3 is 2.15 bits per heavy atom. The molecule has 0 radical (unpaired) electrons. The Kier molecular flexibility index (Phi) is 7.82. The normalized spacial score (nSPS) is 29.5. The van der Waals surface area contributed by atoms with Gasteiger partial charge in [-0.25, -0.2) is 0 Å². The van der Waals surface area contributed by atoms with Gasteiger partial charge in [-0.2, -0.15) is 0 Å². The molecule has 26 heavy (non-hydrogen) atoms. The lowest BCUT2D eigenvalue weighted by Crippen LogP contribution is -2.24. The molecular weight excluding hydrogens is 324 g/mol. The molecule has 0 atom stereocenters. The molecule has 0 aromatic heterocycles. The topological polar surface area (TPSA) is 27.7 Å². The maximum absolute atomic E-state index is 5.93. The van der Waals surface area contributed by atoms with Crippen molar-refractivity contribution in [2.24, 2.45) is 17.8 Å². The van der Waals surface area contributed by atoms with Gasteiger partial charge in [-0.05, 0) is 36.8 Å². The van der Waals surface area contributed by atoms with E-state index in [-0.39, 0.29) is 6.29 Å². The maximum Gasteiger partial charge on any atom is 0.183 e. The lowest BCUT2D eigenvalue weighted by molar-refractivity contribution is -0.202. The second-order valence-electron chi connectivity index (χ2n) is 8.34. The van der Waals surface area contributed by atoms with E-state index in [2.05, 4.69) is 26.0 Å². The van der Waals surface area contributed by atoms with Crippen molar-refractivity contribution >= 4 is 0 Å².